The van der Waals surface area contributed by atoms with Crippen molar-refractivity contribution >= 4 is 22.9 Å². The molecule has 8 heteroatoms. The lowest BCUT2D eigenvalue weighted by atomic mass is 10.2. The van der Waals surface area contributed by atoms with Crippen LogP contribution in [0.4, 0.5) is 6.01 Å². The number of hydrogen-bond donors (Lipinski definition) is 1. The van der Waals surface area contributed by atoms with Crippen molar-refractivity contribution in [1.29, 1.82) is 0 Å². The zero-order valence-electron chi connectivity index (χ0n) is 12.1. The van der Waals surface area contributed by atoms with E-state index in [-0.39, 0.29) is 17.5 Å². The van der Waals surface area contributed by atoms with E-state index in [1.54, 1.807) is 36.4 Å². The molecule has 0 fully saturated rings. The topological polar surface area (TPSA) is 111 Å². The standard InChI is InChI=1S/C16H9N3O5/c20-13(10-8-9-4-1-2-5-11(9)23-15(10)21)17-16-19-18-14(24-16)12-6-3-7-22-12/h1-8H,(H,17,19,20). The van der Waals surface area contributed by atoms with Gasteiger partial charge in [-0.05, 0) is 24.3 Å². The van der Waals surface area contributed by atoms with E-state index in [4.69, 9.17) is 13.3 Å². The third-order valence-corrected chi connectivity index (χ3v) is 3.26. The molecule has 1 aromatic carbocycles. The second-order valence-corrected chi connectivity index (χ2v) is 4.83. The largest absolute Gasteiger partial charge is 0.459 e. The Balaban J connectivity index is 1.63. The Hall–Kier alpha value is -3.68. The molecule has 0 bridgehead atoms. The predicted molar refractivity (Wildman–Crippen MR) is 82.4 cm³/mol. The van der Waals surface area contributed by atoms with Gasteiger partial charge in [-0.15, -0.1) is 5.10 Å². The van der Waals surface area contributed by atoms with Gasteiger partial charge in [0.25, 0.3) is 11.8 Å². The summed E-state index contributed by atoms with van der Waals surface area (Å²) in [6.07, 6.45) is 1.46. The zero-order chi connectivity index (χ0) is 16.5. The number of nitrogens with zero attached hydrogens (tertiary/aromatic N) is 2. The number of hydrogen-bond acceptors (Lipinski definition) is 7. The molecule has 0 atom stereocenters. The van der Waals surface area contributed by atoms with Gasteiger partial charge in [0.1, 0.15) is 11.1 Å². The number of carbonyl (C=O) groups excluding carboxylic acids is 1. The first kappa shape index (κ1) is 13.9. The van der Waals surface area contributed by atoms with Crippen molar-refractivity contribution in [3.05, 3.63) is 64.7 Å². The molecule has 0 spiro atoms. The summed E-state index contributed by atoms with van der Waals surface area (Å²) in [6.45, 7) is 0. The van der Waals surface area contributed by atoms with Gasteiger partial charge >= 0.3 is 11.6 Å². The number of anilines is 1. The van der Waals surface area contributed by atoms with Crippen LogP contribution in [-0.4, -0.2) is 16.1 Å². The van der Waals surface area contributed by atoms with Gasteiger partial charge in [-0.2, -0.15) is 0 Å². The zero-order valence-corrected chi connectivity index (χ0v) is 12.1. The Morgan fingerprint density at radius 2 is 1.92 bits per heavy atom. The van der Waals surface area contributed by atoms with Gasteiger partial charge in [0.15, 0.2) is 5.76 Å². The summed E-state index contributed by atoms with van der Waals surface area (Å²) < 4.78 is 15.5. The van der Waals surface area contributed by atoms with E-state index < -0.39 is 11.5 Å². The number of para-hydroxylation sites is 1. The molecule has 0 aliphatic heterocycles. The summed E-state index contributed by atoms with van der Waals surface area (Å²) in [6, 6.07) is 11.5. The summed E-state index contributed by atoms with van der Waals surface area (Å²) in [5.41, 5.74) is -0.514. The second kappa shape index (κ2) is 5.51. The summed E-state index contributed by atoms with van der Waals surface area (Å²) in [5.74, 6) is -0.224. The molecule has 3 aromatic heterocycles. The number of aromatic nitrogens is 2. The number of nitrogens with one attached hydrogen (secondary N) is 1. The van der Waals surface area contributed by atoms with Crippen molar-refractivity contribution < 1.29 is 18.0 Å². The summed E-state index contributed by atoms with van der Waals surface area (Å²) in [4.78, 5) is 24.2. The van der Waals surface area contributed by atoms with Crippen LogP contribution in [0, 0.1) is 0 Å². The molecule has 3 heterocycles. The Morgan fingerprint density at radius 1 is 1.04 bits per heavy atom. The Labute approximate surface area is 133 Å². The maximum atomic E-state index is 12.3. The fourth-order valence-electron chi connectivity index (χ4n) is 2.16. The SMILES string of the molecule is O=C(Nc1nnc(-c2ccco2)o1)c1cc2ccccc2oc1=O. The molecule has 118 valence electrons. The highest BCUT2D eigenvalue weighted by atomic mass is 16.4. The third-order valence-electron chi connectivity index (χ3n) is 3.26. The lowest BCUT2D eigenvalue weighted by Gasteiger charge is -2.01. The number of rotatable bonds is 3. The van der Waals surface area contributed by atoms with Crippen molar-refractivity contribution in [2.24, 2.45) is 0 Å². The predicted octanol–water partition coefficient (Wildman–Crippen LogP) is 2.69. The molecular weight excluding hydrogens is 314 g/mol. The van der Waals surface area contributed by atoms with Crippen LogP contribution in [0.1, 0.15) is 10.4 Å². The van der Waals surface area contributed by atoms with Crippen molar-refractivity contribution in [3.63, 3.8) is 0 Å². The summed E-state index contributed by atoms with van der Waals surface area (Å²) in [5, 5.41) is 10.4. The minimum atomic E-state index is -0.753. The highest BCUT2D eigenvalue weighted by Gasteiger charge is 2.17. The van der Waals surface area contributed by atoms with E-state index in [9.17, 15) is 9.59 Å². The fourth-order valence-corrected chi connectivity index (χ4v) is 2.16. The Kier molecular flexibility index (Phi) is 3.20. The summed E-state index contributed by atoms with van der Waals surface area (Å²) in [7, 11) is 0. The highest BCUT2D eigenvalue weighted by molar-refractivity contribution is 6.04. The number of carbonyl (C=O) groups is 1. The van der Waals surface area contributed by atoms with Gasteiger partial charge < -0.3 is 13.3 Å². The van der Waals surface area contributed by atoms with Gasteiger partial charge in [-0.1, -0.05) is 23.3 Å². The smallest absolute Gasteiger partial charge is 0.349 e. The van der Waals surface area contributed by atoms with Crippen LogP contribution in [0.5, 0.6) is 0 Å². The quantitative estimate of drug-likeness (QED) is 0.577. The lowest BCUT2D eigenvalue weighted by Crippen LogP contribution is -2.20. The minimum absolute atomic E-state index is 0.112. The van der Waals surface area contributed by atoms with Crippen LogP contribution in [0.3, 0.4) is 0 Å². The Bertz CT molecular complexity index is 1080. The monoisotopic (exact) mass is 323 g/mol. The van der Waals surface area contributed by atoms with Gasteiger partial charge in [0, 0.05) is 5.39 Å². The molecule has 8 nitrogen and oxygen atoms in total. The molecular formula is C16H9N3O5. The molecule has 0 unspecified atom stereocenters. The molecule has 0 aliphatic rings. The molecule has 0 saturated heterocycles. The molecule has 1 N–H and O–H groups in total. The maximum absolute atomic E-state index is 12.3. The normalized spacial score (nSPS) is 10.8. The van der Waals surface area contributed by atoms with Gasteiger partial charge in [0.05, 0.1) is 6.26 Å². The molecule has 0 radical (unpaired) electrons. The van der Waals surface area contributed by atoms with E-state index in [1.165, 1.54) is 12.3 Å². The second-order valence-electron chi connectivity index (χ2n) is 4.83. The first-order valence-corrected chi connectivity index (χ1v) is 6.92. The highest BCUT2D eigenvalue weighted by Crippen LogP contribution is 2.20. The minimum Gasteiger partial charge on any atom is -0.459 e. The van der Waals surface area contributed by atoms with Gasteiger partial charge in [0.2, 0.25) is 0 Å². The molecule has 1 amide bonds. The van der Waals surface area contributed by atoms with Crippen molar-refractivity contribution in [2.45, 2.75) is 0 Å². The van der Waals surface area contributed by atoms with Crippen LogP contribution in [0.2, 0.25) is 0 Å². The van der Waals surface area contributed by atoms with E-state index in [0.29, 0.717) is 16.7 Å². The number of furan rings is 1. The van der Waals surface area contributed by atoms with E-state index in [0.717, 1.165) is 0 Å². The number of fused-ring (bicyclic) bond motifs is 1. The van der Waals surface area contributed by atoms with Gasteiger partial charge in [-0.25, -0.2) is 4.79 Å². The van der Waals surface area contributed by atoms with E-state index in [2.05, 4.69) is 15.5 Å². The fraction of sp³-hybridized carbons (Fsp3) is 0. The average molecular weight is 323 g/mol. The van der Waals surface area contributed by atoms with Crippen LogP contribution in [0.15, 0.2) is 66.8 Å². The average Bonchev–Trinajstić information content (AvgIpc) is 3.25. The molecule has 24 heavy (non-hydrogen) atoms. The maximum Gasteiger partial charge on any atom is 0.349 e. The van der Waals surface area contributed by atoms with Crippen molar-refractivity contribution in [2.75, 3.05) is 5.32 Å². The lowest BCUT2D eigenvalue weighted by molar-refractivity contribution is 0.102. The summed E-state index contributed by atoms with van der Waals surface area (Å²) >= 11 is 0. The van der Waals surface area contributed by atoms with Crippen LogP contribution < -0.4 is 10.9 Å². The molecule has 4 aromatic rings. The Morgan fingerprint density at radius 3 is 2.75 bits per heavy atom. The van der Waals surface area contributed by atoms with Crippen molar-refractivity contribution in [1.82, 2.24) is 10.2 Å². The first-order valence-electron chi connectivity index (χ1n) is 6.92. The molecule has 4 rings (SSSR count). The number of benzene rings is 1. The number of amides is 1. The van der Waals surface area contributed by atoms with Crippen LogP contribution >= 0.6 is 0 Å². The van der Waals surface area contributed by atoms with E-state index in [1.807, 2.05) is 0 Å². The van der Waals surface area contributed by atoms with Crippen LogP contribution in [-0.2, 0) is 0 Å². The molecule has 0 saturated carbocycles. The first-order chi connectivity index (χ1) is 11.7. The molecule has 0 aliphatic carbocycles. The van der Waals surface area contributed by atoms with E-state index >= 15 is 0 Å². The van der Waals surface area contributed by atoms with Crippen LogP contribution in [0.25, 0.3) is 22.6 Å². The van der Waals surface area contributed by atoms with Crippen molar-refractivity contribution in [3.8, 4) is 11.7 Å². The van der Waals surface area contributed by atoms with Gasteiger partial charge in [-0.3, -0.25) is 10.1 Å². The third kappa shape index (κ3) is 2.45.